The van der Waals surface area contributed by atoms with Gasteiger partial charge < -0.3 is 9.30 Å². The Bertz CT molecular complexity index is 910. The van der Waals surface area contributed by atoms with Crippen LogP contribution in [-0.2, 0) is 13.1 Å². The minimum atomic E-state index is 0.473. The molecule has 1 aliphatic rings. The van der Waals surface area contributed by atoms with E-state index in [0.29, 0.717) is 12.6 Å². The Kier molecular flexibility index (Phi) is 5.91. The lowest BCUT2D eigenvalue weighted by molar-refractivity contribution is 0.286. The second-order valence-corrected chi connectivity index (χ2v) is 7.81. The number of benzene rings is 1. The number of likely N-dealkylation sites (tertiary alicyclic amines) is 1. The van der Waals surface area contributed by atoms with Crippen LogP contribution in [0.1, 0.15) is 49.4 Å². The molecule has 0 atom stereocenters. The fraction of sp³-hybridized carbons (Fsp3) is 0.478. The van der Waals surface area contributed by atoms with E-state index in [4.69, 9.17) is 4.74 Å². The van der Waals surface area contributed by atoms with E-state index in [1.54, 1.807) is 0 Å². The SMILES string of the molecule is CCCCOc1ncc2cc(C)n(Cc3ccc(CN4CCCC4)cc3)c2n1. The van der Waals surface area contributed by atoms with E-state index >= 15 is 0 Å². The highest BCUT2D eigenvalue weighted by atomic mass is 16.5. The quantitative estimate of drug-likeness (QED) is 0.539. The maximum Gasteiger partial charge on any atom is 0.318 e. The summed E-state index contributed by atoms with van der Waals surface area (Å²) in [5.41, 5.74) is 4.82. The van der Waals surface area contributed by atoms with Gasteiger partial charge in [-0.2, -0.15) is 4.98 Å². The van der Waals surface area contributed by atoms with Crippen molar-refractivity contribution >= 4 is 11.0 Å². The number of rotatable bonds is 8. The van der Waals surface area contributed by atoms with E-state index in [2.05, 4.69) is 63.6 Å². The molecule has 0 N–H and O–H groups in total. The Morgan fingerprint density at radius 2 is 1.75 bits per heavy atom. The number of aromatic nitrogens is 3. The smallest absolute Gasteiger partial charge is 0.318 e. The van der Waals surface area contributed by atoms with E-state index in [9.17, 15) is 0 Å². The molecule has 0 amide bonds. The Hall–Kier alpha value is -2.40. The summed E-state index contributed by atoms with van der Waals surface area (Å²) in [6.45, 7) is 9.29. The predicted octanol–water partition coefficient (Wildman–Crippen LogP) is 4.56. The van der Waals surface area contributed by atoms with Crippen molar-refractivity contribution in [2.45, 2.75) is 52.6 Å². The number of hydrogen-bond donors (Lipinski definition) is 0. The molecule has 0 spiro atoms. The van der Waals surface area contributed by atoms with E-state index in [-0.39, 0.29) is 0 Å². The van der Waals surface area contributed by atoms with Crippen molar-refractivity contribution < 1.29 is 4.74 Å². The van der Waals surface area contributed by atoms with Crippen LogP contribution in [-0.4, -0.2) is 39.1 Å². The van der Waals surface area contributed by atoms with Crippen LogP contribution in [0.3, 0.4) is 0 Å². The summed E-state index contributed by atoms with van der Waals surface area (Å²) >= 11 is 0. The van der Waals surface area contributed by atoms with Gasteiger partial charge in [-0.15, -0.1) is 0 Å². The molecule has 0 unspecified atom stereocenters. The first-order valence-corrected chi connectivity index (χ1v) is 10.5. The second-order valence-electron chi connectivity index (χ2n) is 7.81. The van der Waals surface area contributed by atoms with Crippen LogP contribution in [0.2, 0.25) is 0 Å². The molecule has 0 saturated carbocycles. The zero-order valence-corrected chi connectivity index (χ0v) is 17.0. The third-order valence-corrected chi connectivity index (χ3v) is 5.52. The molecule has 1 aliphatic heterocycles. The third kappa shape index (κ3) is 4.36. The normalized spacial score (nSPS) is 14.8. The van der Waals surface area contributed by atoms with E-state index in [0.717, 1.165) is 37.0 Å². The lowest BCUT2D eigenvalue weighted by Gasteiger charge is -2.15. The Morgan fingerprint density at radius 1 is 1.04 bits per heavy atom. The molecular formula is C23H30N4O. The van der Waals surface area contributed by atoms with Gasteiger partial charge in [-0.1, -0.05) is 37.6 Å². The Labute approximate surface area is 167 Å². The van der Waals surface area contributed by atoms with Gasteiger partial charge in [-0.05, 0) is 56.5 Å². The van der Waals surface area contributed by atoms with Crippen molar-refractivity contribution in [3.05, 3.63) is 53.3 Å². The molecule has 1 fully saturated rings. The zero-order chi connectivity index (χ0) is 19.3. The van der Waals surface area contributed by atoms with Crippen LogP contribution < -0.4 is 4.74 Å². The molecular weight excluding hydrogens is 348 g/mol. The van der Waals surface area contributed by atoms with Crippen molar-refractivity contribution in [2.24, 2.45) is 0 Å². The summed E-state index contributed by atoms with van der Waals surface area (Å²) < 4.78 is 7.96. The summed E-state index contributed by atoms with van der Waals surface area (Å²) in [7, 11) is 0. The van der Waals surface area contributed by atoms with Crippen LogP contribution in [0.15, 0.2) is 36.5 Å². The average molecular weight is 379 g/mol. The monoisotopic (exact) mass is 378 g/mol. The van der Waals surface area contributed by atoms with Gasteiger partial charge in [0, 0.05) is 30.4 Å². The van der Waals surface area contributed by atoms with Crippen LogP contribution in [0.25, 0.3) is 11.0 Å². The van der Waals surface area contributed by atoms with Crippen molar-refractivity contribution in [1.82, 2.24) is 19.4 Å². The fourth-order valence-corrected chi connectivity index (χ4v) is 3.86. The molecule has 3 aromatic rings. The first-order valence-electron chi connectivity index (χ1n) is 10.5. The first-order chi connectivity index (χ1) is 13.7. The molecule has 5 nitrogen and oxygen atoms in total. The van der Waals surface area contributed by atoms with E-state index < -0.39 is 0 Å². The van der Waals surface area contributed by atoms with Gasteiger partial charge in [0.15, 0.2) is 0 Å². The van der Waals surface area contributed by atoms with Gasteiger partial charge in [-0.3, -0.25) is 4.90 Å². The molecule has 2 aromatic heterocycles. The predicted molar refractivity (Wildman–Crippen MR) is 113 cm³/mol. The van der Waals surface area contributed by atoms with Gasteiger partial charge in [0.25, 0.3) is 0 Å². The number of nitrogens with zero attached hydrogens (tertiary/aromatic N) is 4. The minimum absolute atomic E-state index is 0.473. The van der Waals surface area contributed by atoms with Crippen molar-refractivity contribution in [3.63, 3.8) is 0 Å². The number of hydrogen-bond acceptors (Lipinski definition) is 4. The van der Waals surface area contributed by atoms with Gasteiger partial charge in [-0.25, -0.2) is 4.98 Å². The first kappa shape index (κ1) is 18.9. The number of unbranched alkanes of at least 4 members (excludes halogenated alkanes) is 1. The van der Waals surface area contributed by atoms with Crippen molar-refractivity contribution in [1.29, 1.82) is 0 Å². The lowest BCUT2D eigenvalue weighted by Crippen LogP contribution is -2.18. The molecule has 28 heavy (non-hydrogen) atoms. The molecule has 1 aromatic carbocycles. The van der Waals surface area contributed by atoms with E-state index in [1.165, 1.54) is 42.8 Å². The number of ether oxygens (including phenoxy) is 1. The molecule has 1 saturated heterocycles. The van der Waals surface area contributed by atoms with Gasteiger partial charge in [0.2, 0.25) is 0 Å². The molecule has 3 heterocycles. The molecule has 148 valence electrons. The summed E-state index contributed by atoms with van der Waals surface area (Å²) in [4.78, 5) is 11.6. The highest BCUT2D eigenvalue weighted by Crippen LogP contribution is 2.21. The number of aryl methyl sites for hydroxylation is 1. The molecule has 5 heteroatoms. The summed E-state index contributed by atoms with van der Waals surface area (Å²) in [6.07, 6.45) is 6.66. The Balaban J connectivity index is 1.49. The maximum atomic E-state index is 5.71. The topological polar surface area (TPSA) is 43.2 Å². The Morgan fingerprint density at radius 3 is 2.46 bits per heavy atom. The zero-order valence-electron chi connectivity index (χ0n) is 17.0. The van der Waals surface area contributed by atoms with Crippen LogP contribution in [0.4, 0.5) is 0 Å². The average Bonchev–Trinajstić information content (AvgIpc) is 3.32. The van der Waals surface area contributed by atoms with Crippen molar-refractivity contribution in [3.8, 4) is 6.01 Å². The summed E-state index contributed by atoms with van der Waals surface area (Å²) in [5.74, 6) is 0. The molecule has 4 rings (SSSR count). The largest absolute Gasteiger partial charge is 0.463 e. The molecule has 0 radical (unpaired) electrons. The standard InChI is InChI=1S/C23H30N4O/c1-3-4-13-28-23-24-15-21-14-18(2)27(22(21)25-23)17-20-9-7-19(8-10-20)16-26-11-5-6-12-26/h7-10,14-15H,3-6,11-13,16-17H2,1-2H3. The lowest BCUT2D eigenvalue weighted by atomic mass is 10.1. The van der Waals surface area contributed by atoms with Crippen LogP contribution >= 0.6 is 0 Å². The van der Waals surface area contributed by atoms with Crippen molar-refractivity contribution in [2.75, 3.05) is 19.7 Å². The highest BCUT2D eigenvalue weighted by molar-refractivity contribution is 5.77. The fourth-order valence-electron chi connectivity index (χ4n) is 3.86. The van der Waals surface area contributed by atoms with Gasteiger partial charge in [0.05, 0.1) is 6.61 Å². The van der Waals surface area contributed by atoms with Gasteiger partial charge >= 0.3 is 6.01 Å². The minimum Gasteiger partial charge on any atom is -0.463 e. The molecule has 0 bridgehead atoms. The highest BCUT2D eigenvalue weighted by Gasteiger charge is 2.13. The van der Waals surface area contributed by atoms with E-state index in [1.807, 2.05) is 6.20 Å². The maximum absolute atomic E-state index is 5.71. The molecule has 0 aliphatic carbocycles. The second kappa shape index (κ2) is 8.74. The summed E-state index contributed by atoms with van der Waals surface area (Å²) in [6, 6.07) is 11.6. The third-order valence-electron chi connectivity index (χ3n) is 5.52. The number of fused-ring (bicyclic) bond motifs is 1. The van der Waals surface area contributed by atoms with Gasteiger partial charge in [0.1, 0.15) is 5.65 Å². The summed E-state index contributed by atoms with van der Waals surface area (Å²) in [5, 5.41) is 1.06. The van der Waals surface area contributed by atoms with Crippen LogP contribution in [0, 0.1) is 6.92 Å². The van der Waals surface area contributed by atoms with Crippen LogP contribution in [0.5, 0.6) is 6.01 Å².